The van der Waals surface area contributed by atoms with E-state index in [0.717, 1.165) is 12.1 Å². The van der Waals surface area contributed by atoms with E-state index in [1.807, 2.05) is 0 Å². The Morgan fingerprint density at radius 2 is 1.79 bits per heavy atom. The summed E-state index contributed by atoms with van der Waals surface area (Å²) in [4.78, 5) is 0. The van der Waals surface area contributed by atoms with E-state index in [9.17, 15) is 8.78 Å². The van der Waals surface area contributed by atoms with Gasteiger partial charge in [-0.25, -0.2) is 8.78 Å². The van der Waals surface area contributed by atoms with Crippen molar-refractivity contribution in [3.63, 3.8) is 0 Å². The largest absolute Gasteiger partial charge is 0.497 e. The average molecular weight is 303 g/mol. The number of rotatable bonds is 3. The van der Waals surface area contributed by atoms with Crippen LogP contribution in [0, 0.1) is 11.6 Å². The second-order valence-corrected chi connectivity index (χ2v) is 4.77. The maximum Gasteiger partial charge on any atom is 0.159 e. The Kier molecular flexibility index (Phi) is 4.27. The molecule has 0 amide bonds. The van der Waals surface area contributed by atoms with Gasteiger partial charge in [0, 0.05) is 5.02 Å². The molecule has 0 bridgehead atoms. The maximum atomic E-state index is 13.2. The lowest BCUT2D eigenvalue weighted by Crippen LogP contribution is -1.97. The molecule has 0 aliphatic rings. The molecule has 0 saturated carbocycles. The van der Waals surface area contributed by atoms with E-state index in [0.29, 0.717) is 21.9 Å². The van der Waals surface area contributed by atoms with Crippen molar-refractivity contribution in [2.24, 2.45) is 0 Å². The van der Waals surface area contributed by atoms with Crippen LogP contribution in [0.4, 0.5) is 8.78 Å². The van der Waals surface area contributed by atoms with Crippen LogP contribution in [0.3, 0.4) is 0 Å². The molecule has 0 saturated heterocycles. The van der Waals surface area contributed by atoms with Gasteiger partial charge in [-0.3, -0.25) is 0 Å². The number of hydrogen-bond donors (Lipinski definition) is 0. The van der Waals surface area contributed by atoms with Crippen molar-refractivity contribution in [1.29, 1.82) is 0 Å². The first-order valence-corrected chi connectivity index (χ1v) is 6.27. The van der Waals surface area contributed by atoms with Gasteiger partial charge in [0.05, 0.1) is 12.5 Å². The molecule has 2 aromatic rings. The Bertz CT molecular complexity index is 602. The third kappa shape index (κ3) is 2.99. The van der Waals surface area contributed by atoms with Gasteiger partial charge in [-0.2, -0.15) is 0 Å². The number of benzene rings is 2. The highest BCUT2D eigenvalue weighted by atomic mass is 35.5. The summed E-state index contributed by atoms with van der Waals surface area (Å²) in [6.07, 6.45) is 0. The Balaban J connectivity index is 2.38. The van der Waals surface area contributed by atoms with Crippen LogP contribution in [-0.4, -0.2) is 7.11 Å². The molecule has 2 rings (SSSR count). The van der Waals surface area contributed by atoms with Gasteiger partial charge in [0.2, 0.25) is 0 Å². The summed E-state index contributed by atoms with van der Waals surface area (Å²) in [5.74, 6) is -1.25. The molecule has 0 aliphatic carbocycles. The molecule has 0 aliphatic heterocycles. The average Bonchev–Trinajstić information content (AvgIpc) is 2.41. The number of halogens is 4. The highest BCUT2D eigenvalue weighted by Gasteiger charge is 2.16. The molecular weight excluding hydrogens is 293 g/mol. The molecule has 2 aromatic carbocycles. The first kappa shape index (κ1) is 14.1. The Labute approximate surface area is 119 Å². The fraction of sp³-hybridized carbons (Fsp3) is 0.143. The second kappa shape index (κ2) is 5.76. The quantitative estimate of drug-likeness (QED) is 0.729. The van der Waals surface area contributed by atoms with Crippen molar-refractivity contribution < 1.29 is 13.5 Å². The Hall–Kier alpha value is -1.32. The van der Waals surface area contributed by atoms with E-state index in [-0.39, 0.29) is 0 Å². The van der Waals surface area contributed by atoms with Gasteiger partial charge in [0.1, 0.15) is 5.75 Å². The molecular formula is C14H10Cl2F2O. The molecule has 0 radical (unpaired) electrons. The smallest absolute Gasteiger partial charge is 0.159 e. The van der Waals surface area contributed by atoms with E-state index in [1.54, 1.807) is 18.2 Å². The number of ether oxygens (including phenoxy) is 1. The summed E-state index contributed by atoms with van der Waals surface area (Å²) in [5.41, 5.74) is 1.04. The van der Waals surface area contributed by atoms with Gasteiger partial charge < -0.3 is 4.74 Å². The first-order chi connectivity index (χ1) is 9.02. The fourth-order valence-corrected chi connectivity index (χ4v) is 2.35. The van der Waals surface area contributed by atoms with Gasteiger partial charge in [0.15, 0.2) is 11.6 Å². The monoisotopic (exact) mass is 302 g/mol. The minimum atomic E-state index is -0.937. The Morgan fingerprint density at radius 3 is 2.37 bits per heavy atom. The molecule has 0 heterocycles. The molecule has 5 heteroatoms. The van der Waals surface area contributed by atoms with Gasteiger partial charge >= 0.3 is 0 Å². The van der Waals surface area contributed by atoms with E-state index in [4.69, 9.17) is 27.9 Å². The minimum Gasteiger partial charge on any atom is -0.497 e. The van der Waals surface area contributed by atoms with Crippen LogP contribution in [-0.2, 0) is 0 Å². The first-order valence-electron chi connectivity index (χ1n) is 5.45. The van der Waals surface area contributed by atoms with Crippen molar-refractivity contribution in [3.05, 3.63) is 64.2 Å². The molecule has 0 fully saturated rings. The summed E-state index contributed by atoms with van der Waals surface area (Å²) in [6.45, 7) is 0. The predicted molar refractivity (Wildman–Crippen MR) is 72.1 cm³/mol. The van der Waals surface area contributed by atoms with Crippen molar-refractivity contribution in [2.75, 3.05) is 7.11 Å². The van der Waals surface area contributed by atoms with Gasteiger partial charge in [-0.15, -0.1) is 11.6 Å². The lowest BCUT2D eigenvalue weighted by atomic mass is 10.0. The van der Waals surface area contributed by atoms with Crippen LogP contribution in [0.2, 0.25) is 5.02 Å². The van der Waals surface area contributed by atoms with Crippen molar-refractivity contribution in [1.82, 2.24) is 0 Å². The third-order valence-corrected chi connectivity index (χ3v) is 3.53. The Morgan fingerprint density at radius 1 is 1.05 bits per heavy atom. The normalized spacial score (nSPS) is 12.3. The lowest BCUT2D eigenvalue weighted by molar-refractivity contribution is 0.414. The number of hydrogen-bond acceptors (Lipinski definition) is 1. The SMILES string of the molecule is COc1ccc(C(Cl)c2ccc(F)c(F)c2)c(Cl)c1. The van der Waals surface area contributed by atoms with Gasteiger partial charge in [0.25, 0.3) is 0 Å². The third-order valence-electron chi connectivity index (χ3n) is 2.72. The van der Waals surface area contributed by atoms with Gasteiger partial charge in [-0.05, 0) is 35.4 Å². The van der Waals surface area contributed by atoms with Crippen molar-refractivity contribution in [3.8, 4) is 5.75 Å². The summed E-state index contributed by atoms with van der Waals surface area (Å²) in [6, 6.07) is 8.55. The number of alkyl halides is 1. The zero-order valence-electron chi connectivity index (χ0n) is 9.96. The maximum absolute atomic E-state index is 13.2. The highest BCUT2D eigenvalue weighted by molar-refractivity contribution is 6.33. The molecule has 1 atom stereocenters. The van der Waals surface area contributed by atoms with Gasteiger partial charge in [-0.1, -0.05) is 23.7 Å². The summed E-state index contributed by atoms with van der Waals surface area (Å²) < 4.78 is 31.1. The standard InChI is InChI=1S/C14H10Cl2F2O/c1-19-9-3-4-10(11(15)7-9)14(16)8-2-5-12(17)13(18)6-8/h2-7,14H,1H3. The molecule has 0 spiro atoms. The molecule has 19 heavy (non-hydrogen) atoms. The molecule has 0 aromatic heterocycles. The van der Waals surface area contributed by atoms with Crippen LogP contribution >= 0.6 is 23.2 Å². The van der Waals surface area contributed by atoms with Crippen LogP contribution in [0.15, 0.2) is 36.4 Å². The van der Waals surface area contributed by atoms with Crippen molar-refractivity contribution >= 4 is 23.2 Å². The lowest BCUT2D eigenvalue weighted by Gasteiger charge is -2.13. The van der Waals surface area contributed by atoms with E-state index in [2.05, 4.69) is 0 Å². The fourth-order valence-electron chi connectivity index (χ4n) is 1.69. The second-order valence-electron chi connectivity index (χ2n) is 3.92. The summed E-state index contributed by atoms with van der Waals surface area (Å²) in [7, 11) is 1.53. The zero-order valence-corrected chi connectivity index (χ0v) is 11.5. The van der Waals surface area contributed by atoms with Crippen LogP contribution < -0.4 is 4.74 Å². The molecule has 1 unspecified atom stereocenters. The van der Waals surface area contributed by atoms with Crippen LogP contribution in [0.25, 0.3) is 0 Å². The molecule has 0 N–H and O–H groups in total. The van der Waals surface area contributed by atoms with Crippen LogP contribution in [0.5, 0.6) is 5.75 Å². The predicted octanol–water partition coefficient (Wildman–Crippen LogP) is 4.96. The highest BCUT2D eigenvalue weighted by Crippen LogP contribution is 2.35. The van der Waals surface area contributed by atoms with Crippen LogP contribution in [0.1, 0.15) is 16.5 Å². The molecule has 1 nitrogen and oxygen atoms in total. The summed E-state index contributed by atoms with van der Waals surface area (Å²) in [5, 5.41) is -0.252. The number of methoxy groups -OCH3 is 1. The topological polar surface area (TPSA) is 9.23 Å². The van der Waals surface area contributed by atoms with Crippen molar-refractivity contribution in [2.45, 2.75) is 5.38 Å². The zero-order chi connectivity index (χ0) is 14.0. The minimum absolute atomic E-state index is 0.407. The van der Waals surface area contributed by atoms with E-state index >= 15 is 0 Å². The summed E-state index contributed by atoms with van der Waals surface area (Å²) >= 11 is 12.3. The van der Waals surface area contributed by atoms with E-state index in [1.165, 1.54) is 13.2 Å². The van der Waals surface area contributed by atoms with E-state index < -0.39 is 17.0 Å². The molecule has 100 valence electrons.